The highest BCUT2D eigenvalue weighted by Crippen LogP contribution is 2.18. The van der Waals surface area contributed by atoms with Crippen LogP contribution >= 0.6 is 11.6 Å². The maximum Gasteiger partial charge on any atom is 0.410 e. The number of amides is 3. The SMILES string of the molecule is CC(C)(C)OC(=O)N1CCN(C(=O)OCc2ccccc2)C(C(=O)Nc2cccc(Cl)n2)C1. The van der Waals surface area contributed by atoms with E-state index in [0.717, 1.165) is 5.56 Å². The van der Waals surface area contributed by atoms with Crippen molar-refractivity contribution in [2.75, 3.05) is 25.0 Å². The van der Waals surface area contributed by atoms with Gasteiger partial charge in [0.05, 0.1) is 6.54 Å². The fourth-order valence-corrected chi connectivity index (χ4v) is 3.37. The number of piperazine rings is 1. The van der Waals surface area contributed by atoms with Gasteiger partial charge in [-0.1, -0.05) is 48.0 Å². The molecular formula is C23H27ClN4O5. The summed E-state index contributed by atoms with van der Waals surface area (Å²) < 4.78 is 10.9. The fourth-order valence-electron chi connectivity index (χ4n) is 3.21. The van der Waals surface area contributed by atoms with E-state index in [0.29, 0.717) is 0 Å². The molecule has 0 radical (unpaired) electrons. The van der Waals surface area contributed by atoms with Crippen molar-refractivity contribution in [3.05, 3.63) is 59.2 Å². The quantitative estimate of drug-likeness (QED) is 0.674. The van der Waals surface area contributed by atoms with Gasteiger partial charge < -0.3 is 19.7 Å². The fraction of sp³-hybridized carbons (Fsp3) is 0.391. The number of hydrogen-bond donors (Lipinski definition) is 1. The number of carbonyl (C=O) groups excluding carboxylic acids is 3. The number of hydrogen-bond acceptors (Lipinski definition) is 6. The Kier molecular flexibility index (Phi) is 7.75. The Hall–Kier alpha value is -3.33. The Morgan fingerprint density at radius 3 is 2.45 bits per heavy atom. The number of carbonyl (C=O) groups is 3. The lowest BCUT2D eigenvalue weighted by molar-refractivity contribution is -0.122. The van der Waals surface area contributed by atoms with Crippen molar-refractivity contribution in [2.24, 2.45) is 0 Å². The highest BCUT2D eigenvalue weighted by molar-refractivity contribution is 6.29. The van der Waals surface area contributed by atoms with Crippen molar-refractivity contribution in [1.82, 2.24) is 14.8 Å². The zero-order valence-electron chi connectivity index (χ0n) is 18.8. The first-order valence-corrected chi connectivity index (χ1v) is 10.9. The lowest BCUT2D eigenvalue weighted by Crippen LogP contribution is -2.61. The summed E-state index contributed by atoms with van der Waals surface area (Å²) in [5.74, 6) is -0.283. The van der Waals surface area contributed by atoms with E-state index in [1.54, 1.807) is 39.0 Å². The van der Waals surface area contributed by atoms with Crippen molar-refractivity contribution < 1.29 is 23.9 Å². The molecule has 1 unspecified atom stereocenters. The van der Waals surface area contributed by atoms with E-state index in [4.69, 9.17) is 21.1 Å². The zero-order valence-corrected chi connectivity index (χ0v) is 19.5. The molecule has 0 spiro atoms. The summed E-state index contributed by atoms with van der Waals surface area (Å²) in [6.07, 6.45) is -1.21. The van der Waals surface area contributed by atoms with Crippen LogP contribution in [0.5, 0.6) is 0 Å². The molecule has 9 nitrogen and oxygen atoms in total. The molecule has 2 heterocycles. The van der Waals surface area contributed by atoms with Gasteiger partial charge in [0.1, 0.15) is 29.2 Å². The molecule has 1 aromatic heterocycles. The van der Waals surface area contributed by atoms with Crippen LogP contribution in [0.4, 0.5) is 15.4 Å². The maximum absolute atomic E-state index is 13.1. The minimum Gasteiger partial charge on any atom is -0.445 e. The van der Waals surface area contributed by atoms with Gasteiger partial charge in [0.15, 0.2) is 0 Å². The van der Waals surface area contributed by atoms with Crippen LogP contribution in [0.1, 0.15) is 26.3 Å². The van der Waals surface area contributed by atoms with Gasteiger partial charge in [-0.3, -0.25) is 9.69 Å². The second kappa shape index (κ2) is 10.5. The van der Waals surface area contributed by atoms with Crippen molar-refractivity contribution in [3.63, 3.8) is 0 Å². The molecule has 1 N–H and O–H groups in total. The summed E-state index contributed by atoms with van der Waals surface area (Å²) in [4.78, 5) is 45.3. The monoisotopic (exact) mass is 474 g/mol. The van der Waals surface area contributed by atoms with Gasteiger partial charge >= 0.3 is 12.2 Å². The van der Waals surface area contributed by atoms with E-state index in [2.05, 4.69) is 10.3 Å². The second-order valence-corrected chi connectivity index (χ2v) is 8.90. The van der Waals surface area contributed by atoms with Crippen molar-refractivity contribution >= 4 is 35.5 Å². The van der Waals surface area contributed by atoms with Gasteiger partial charge in [0.25, 0.3) is 0 Å². The van der Waals surface area contributed by atoms with E-state index < -0.39 is 29.7 Å². The number of rotatable bonds is 4. The molecule has 1 aromatic carbocycles. The molecule has 1 aliphatic rings. The largest absolute Gasteiger partial charge is 0.445 e. The average molecular weight is 475 g/mol. The third kappa shape index (κ3) is 7.08. The second-order valence-electron chi connectivity index (χ2n) is 8.51. The molecule has 0 saturated carbocycles. The van der Waals surface area contributed by atoms with Gasteiger partial charge in [-0.25, -0.2) is 14.6 Å². The first-order valence-electron chi connectivity index (χ1n) is 10.5. The van der Waals surface area contributed by atoms with Gasteiger partial charge in [0, 0.05) is 13.1 Å². The number of halogens is 1. The van der Waals surface area contributed by atoms with Gasteiger partial charge in [-0.15, -0.1) is 0 Å². The van der Waals surface area contributed by atoms with E-state index in [1.807, 2.05) is 30.3 Å². The minimum absolute atomic E-state index is 0.0538. The molecular weight excluding hydrogens is 448 g/mol. The molecule has 10 heteroatoms. The molecule has 2 aromatic rings. The number of pyridine rings is 1. The third-order valence-electron chi connectivity index (χ3n) is 4.74. The Morgan fingerprint density at radius 1 is 1.06 bits per heavy atom. The lowest BCUT2D eigenvalue weighted by Gasteiger charge is -2.40. The van der Waals surface area contributed by atoms with E-state index >= 15 is 0 Å². The Morgan fingerprint density at radius 2 is 1.79 bits per heavy atom. The predicted molar refractivity (Wildman–Crippen MR) is 123 cm³/mol. The van der Waals surface area contributed by atoms with Crippen molar-refractivity contribution in [2.45, 2.75) is 39.0 Å². The van der Waals surface area contributed by atoms with Crippen LogP contribution in [0.25, 0.3) is 0 Å². The van der Waals surface area contributed by atoms with Crippen LogP contribution in [0.15, 0.2) is 48.5 Å². The first-order chi connectivity index (χ1) is 15.6. The topological polar surface area (TPSA) is 101 Å². The van der Waals surface area contributed by atoms with E-state index in [9.17, 15) is 14.4 Å². The molecule has 176 valence electrons. The van der Waals surface area contributed by atoms with Crippen molar-refractivity contribution in [1.29, 1.82) is 0 Å². The van der Waals surface area contributed by atoms with Crippen LogP contribution in [0, 0.1) is 0 Å². The van der Waals surface area contributed by atoms with Gasteiger partial charge in [0.2, 0.25) is 5.91 Å². The van der Waals surface area contributed by atoms with Crippen LogP contribution in [-0.4, -0.2) is 64.2 Å². The number of benzene rings is 1. The molecule has 3 amide bonds. The molecule has 1 atom stereocenters. The summed E-state index contributed by atoms with van der Waals surface area (Å²) in [6.45, 7) is 5.60. The first kappa shape index (κ1) is 24.3. The normalized spacial score (nSPS) is 16.2. The predicted octanol–water partition coefficient (Wildman–Crippen LogP) is 3.93. The van der Waals surface area contributed by atoms with Crippen molar-refractivity contribution in [3.8, 4) is 0 Å². The molecule has 3 rings (SSSR count). The molecule has 1 fully saturated rings. The van der Waals surface area contributed by atoms with Crippen LogP contribution in [-0.2, 0) is 20.9 Å². The molecule has 0 bridgehead atoms. The van der Waals surface area contributed by atoms with Crippen LogP contribution < -0.4 is 5.32 Å². The number of ether oxygens (including phenoxy) is 2. The molecule has 1 aliphatic heterocycles. The standard InChI is InChI=1S/C23H27ClN4O5/c1-23(2,3)33-21(30)27-12-13-28(22(31)32-15-16-8-5-4-6-9-16)17(14-27)20(29)26-19-11-7-10-18(24)25-19/h4-11,17H,12-15H2,1-3H3,(H,25,26,29). The van der Waals surface area contributed by atoms with Gasteiger partial charge in [-0.05, 0) is 38.5 Å². The van der Waals surface area contributed by atoms with E-state index in [-0.39, 0.29) is 37.2 Å². The van der Waals surface area contributed by atoms with Crippen LogP contribution in [0.2, 0.25) is 5.15 Å². The molecule has 33 heavy (non-hydrogen) atoms. The maximum atomic E-state index is 13.1. The third-order valence-corrected chi connectivity index (χ3v) is 4.95. The van der Waals surface area contributed by atoms with Crippen LogP contribution in [0.3, 0.4) is 0 Å². The summed E-state index contributed by atoms with van der Waals surface area (Å²) in [5, 5.41) is 2.87. The summed E-state index contributed by atoms with van der Waals surface area (Å²) in [5.41, 5.74) is 0.132. The number of nitrogens with zero attached hydrogens (tertiary/aromatic N) is 3. The summed E-state index contributed by atoms with van der Waals surface area (Å²) >= 11 is 5.90. The zero-order chi connectivity index (χ0) is 24.0. The summed E-state index contributed by atoms with van der Waals surface area (Å²) in [6, 6.07) is 13.0. The highest BCUT2D eigenvalue weighted by atomic mass is 35.5. The number of nitrogens with one attached hydrogen (secondary N) is 1. The lowest BCUT2D eigenvalue weighted by atomic mass is 10.1. The molecule has 1 saturated heterocycles. The highest BCUT2D eigenvalue weighted by Gasteiger charge is 2.39. The van der Waals surface area contributed by atoms with E-state index in [1.165, 1.54) is 9.80 Å². The number of aromatic nitrogens is 1. The summed E-state index contributed by atoms with van der Waals surface area (Å²) in [7, 11) is 0. The average Bonchev–Trinajstić information content (AvgIpc) is 2.76. The Bertz CT molecular complexity index is 996. The Labute approximate surface area is 197 Å². The Balaban J connectivity index is 1.74. The number of anilines is 1. The molecule has 0 aliphatic carbocycles. The smallest absolute Gasteiger partial charge is 0.410 e. The minimum atomic E-state index is -1.00. The van der Waals surface area contributed by atoms with Gasteiger partial charge in [-0.2, -0.15) is 0 Å².